The van der Waals surface area contributed by atoms with Crippen molar-refractivity contribution in [1.82, 2.24) is 4.57 Å². The number of ether oxygens (including phenoxy) is 1. The summed E-state index contributed by atoms with van der Waals surface area (Å²) in [6.45, 7) is 8.55. The van der Waals surface area contributed by atoms with Crippen LogP contribution < -0.4 is 14.9 Å². The van der Waals surface area contributed by atoms with Crippen molar-refractivity contribution in [3.63, 3.8) is 0 Å². The summed E-state index contributed by atoms with van der Waals surface area (Å²) in [5.74, 6) is 0.576. The van der Waals surface area contributed by atoms with Gasteiger partial charge in [0.25, 0.3) is 5.91 Å². The van der Waals surface area contributed by atoms with Gasteiger partial charge in [0.05, 0.1) is 17.1 Å². The molecule has 2 heterocycles. The summed E-state index contributed by atoms with van der Waals surface area (Å²) in [7, 11) is 0. The van der Waals surface area contributed by atoms with Crippen LogP contribution in [0.2, 0.25) is 0 Å². The SMILES string of the molecule is Cc1cc(C)cc(N=c2scc(-c3ccc4c(c3)NC(=O)CO4)n2C(C)C)c1. The van der Waals surface area contributed by atoms with E-state index in [0.717, 1.165) is 21.7 Å². The van der Waals surface area contributed by atoms with E-state index in [-0.39, 0.29) is 18.6 Å². The van der Waals surface area contributed by atoms with E-state index in [1.807, 2.05) is 18.2 Å². The second-order valence-corrected chi connectivity index (χ2v) is 8.21. The third-order valence-corrected chi connectivity index (χ3v) is 5.44. The van der Waals surface area contributed by atoms with Crippen molar-refractivity contribution in [1.29, 1.82) is 0 Å². The zero-order chi connectivity index (χ0) is 19.8. The summed E-state index contributed by atoms with van der Waals surface area (Å²) in [6, 6.07) is 12.5. The normalized spacial score (nSPS) is 14.0. The molecule has 6 heteroatoms. The van der Waals surface area contributed by atoms with Crippen molar-refractivity contribution < 1.29 is 9.53 Å². The van der Waals surface area contributed by atoms with Gasteiger partial charge in [0.1, 0.15) is 5.75 Å². The van der Waals surface area contributed by atoms with Gasteiger partial charge >= 0.3 is 0 Å². The van der Waals surface area contributed by atoms with Crippen LogP contribution in [0.15, 0.2) is 46.8 Å². The van der Waals surface area contributed by atoms with Gasteiger partial charge in [-0.1, -0.05) is 6.07 Å². The first-order chi connectivity index (χ1) is 13.4. The van der Waals surface area contributed by atoms with Gasteiger partial charge in [0.15, 0.2) is 11.4 Å². The molecule has 28 heavy (non-hydrogen) atoms. The Bertz CT molecular complexity index is 1100. The number of aromatic nitrogens is 1. The first kappa shape index (κ1) is 18.5. The molecule has 1 aromatic heterocycles. The number of benzene rings is 2. The van der Waals surface area contributed by atoms with Gasteiger partial charge in [-0.15, -0.1) is 11.3 Å². The van der Waals surface area contributed by atoms with Crippen LogP contribution in [0, 0.1) is 13.8 Å². The van der Waals surface area contributed by atoms with Gasteiger partial charge in [-0.3, -0.25) is 4.79 Å². The fraction of sp³-hybridized carbons (Fsp3) is 0.273. The van der Waals surface area contributed by atoms with Crippen LogP contribution >= 0.6 is 11.3 Å². The molecule has 3 aromatic rings. The smallest absolute Gasteiger partial charge is 0.262 e. The molecule has 144 valence electrons. The quantitative estimate of drug-likeness (QED) is 0.682. The van der Waals surface area contributed by atoms with Crippen molar-refractivity contribution in [3.8, 4) is 17.0 Å². The number of nitrogens with one attached hydrogen (secondary N) is 1. The monoisotopic (exact) mass is 393 g/mol. The Labute approximate surface area is 168 Å². The first-order valence-electron chi connectivity index (χ1n) is 9.31. The van der Waals surface area contributed by atoms with Crippen molar-refractivity contribution in [2.24, 2.45) is 4.99 Å². The minimum absolute atomic E-state index is 0.0652. The standard InChI is InChI=1S/C22H23N3O2S/c1-13(2)25-19(16-5-6-20-18(10-16)24-21(26)11-27-20)12-28-22(25)23-17-8-14(3)7-15(4)9-17/h5-10,12-13H,11H2,1-4H3,(H,24,26). The molecule has 4 rings (SSSR count). The minimum atomic E-state index is -0.128. The number of thiazole rings is 1. The Kier molecular flexibility index (Phi) is 4.81. The van der Waals surface area contributed by atoms with Crippen LogP contribution in [0.3, 0.4) is 0 Å². The number of hydrogen-bond donors (Lipinski definition) is 1. The molecule has 0 aliphatic carbocycles. The maximum Gasteiger partial charge on any atom is 0.262 e. The van der Waals surface area contributed by atoms with Crippen molar-refractivity contribution in [2.45, 2.75) is 33.7 Å². The van der Waals surface area contributed by atoms with E-state index in [1.165, 1.54) is 11.1 Å². The van der Waals surface area contributed by atoms with Gasteiger partial charge in [-0.2, -0.15) is 0 Å². The first-order valence-corrected chi connectivity index (χ1v) is 10.2. The third-order valence-electron chi connectivity index (χ3n) is 4.60. The lowest BCUT2D eigenvalue weighted by Crippen LogP contribution is -2.25. The number of carbonyl (C=O) groups is 1. The van der Waals surface area contributed by atoms with Crippen LogP contribution in [-0.4, -0.2) is 17.1 Å². The predicted octanol–water partition coefficient (Wildman–Crippen LogP) is 4.98. The number of aryl methyl sites for hydroxylation is 2. The van der Waals surface area contributed by atoms with E-state index in [4.69, 9.17) is 9.73 Å². The van der Waals surface area contributed by atoms with Gasteiger partial charge < -0.3 is 14.6 Å². The Balaban J connectivity index is 1.83. The number of amides is 1. The molecule has 0 unspecified atom stereocenters. The molecule has 0 atom stereocenters. The van der Waals surface area contributed by atoms with E-state index in [9.17, 15) is 4.79 Å². The lowest BCUT2D eigenvalue weighted by atomic mass is 10.1. The molecule has 0 bridgehead atoms. The van der Waals surface area contributed by atoms with Gasteiger partial charge in [-0.05, 0) is 69.2 Å². The third kappa shape index (κ3) is 3.60. The molecule has 0 saturated heterocycles. The Morgan fingerprint density at radius 1 is 1.14 bits per heavy atom. The van der Waals surface area contributed by atoms with Crippen LogP contribution in [0.4, 0.5) is 11.4 Å². The largest absolute Gasteiger partial charge is 0.482 e. The Morgan fingerprint density at radius 2 is 1.89 bits per heavy atom. The minimum Gasteiger partial charge on any atom is -0.482 e. The number of carbonyl (C=O) groups excluding carboxylic acids is 1. The molecule has 1 N–H and O–H groups in total. The highest BCUT2D eigenvalue weighted by atomic mass is 32.1. The van der Waals surface area contributed by atoms with Crippen molar-refractivity contribution >= 4 is 28.6 Å². The highest BCUT2D eigenvalue weighted by Gasteiger charge is 2.18. The molecular weight excluding hydrogens is 370 g/mol. The second kappa shape index (κ2) is 7.28. The molecule has 0 spiro atoms. The van der Waals surface area contributed by atoms with Crippen LogP contribution in [0.5, 0.6) is 5.75 Å². The highest BCUT2D eigenvalue weighted by molar-refractivity contribution is 7.07. The lowest BCUT2D eigenvalue weighted by Gasteiger charge is -2.19. The van der Waals surface area contributed by atoms with Crippen molar-refractivity contribution in [3.05, 3.63) is 57.7 Å². The summed E-state index contributed by atoms with van der Waals surface area (Å²) < 4.78 is 7.71. The number of rotatable bonds is 3. The van der Waals surface area contributed by atoms with Crippen LogP contribution in [-0.2, 0) is 4.79 Å². The number of nitrogens with zero attached hydrogens (tertiary/aromatic N) is 2. The number of anilines is 1. The maximum absolute atomic E-state index is 11.7. The average Bonchev–Trinajstić information content (AvgIpc) is 3.04. The van der Waals surface area contributed by atoms with Crippen LogP contribution in [0.1, 0.15) is 31.0 Å². The summed E-state index contributed by atoms with van der Waals surface area (Å²) in [5.41, 5.74) is 6.19. The molecule has 1 amide bonds. The van der Waals surface area contributed by atoms with E-state index in [1.54, 1.807) is 11.3 Å². The fourth-order valence-corrected chi connectivity index (χ4v) is 4.53. The van der Waals surface area contributed by atoms with E-state index in [2.05, 4.69) is 61.2 Å². The molecule has 0 fully saturated rings. The molecule has 1 aliphatic heterocycles. The predicted molar refractivity (Wildman–Crippen MR) is 113 cm³/mol. The van der Waals surface area contributed by atoms with Gasteiger partial charge in [-0.25, -0.2) is 4.99 Å². The van der Waals surface area contributed by atoms with Gasteiger partial charge in [0, 0.05) is 17.0 Å². The Hall–Kier alpha value is -2.86. The average molecular weight is 394 g/mol. The molecule has 1 aliphatic rings. The molecule has 5 nitrogen and oxygen atoms in total. The summed E-state index contributed by atoms with van der Waals surface area (Å²) in [4.78, 5) is 17.5. The highest BCUT2D eigenvalue weighted by Crippen LogP contribution is 2.33. The molecule has 0 saturated carbocycles. The van der Waals surface area contributed by atoms with Crippen molar-refractivity contribution in [2.75, 3.05) is 11.9 Å². The maximum atomic E-state index is 11.7. The molecule has 0 radical (unpaired) electrons. The van der Waals surface area contributed by atoms with Crippen LogP contribution in [0.25, 0.3) is 11.3 Å². The number of fused-ring (bicyclic) bond motifs is 1. The fourth-order valence-electron chi connectivity index (χ4n) is 3.48. The van der Waals surface area contributed by atoms with Gasteiger partial charge in [0.2, 0.25) is 0 Å². The topological polar surface area (TPSA) is 55.6 Å². The molecular formula is C22H23N3O2S. The van der Waals surface area contributed by atoms with E-state index >= 15 is 0 Å². The second-order valence-electron chi connectivity index (χ2n) is 7.37. The van der Waals surface area contributed by atoms with E-state index in [0.29, 0.717) is 11.4 Å². The summed E-state index contributed by atoms with van der Waals surface area (Å²) >= 11 is 1.62. The van der Waals surface area contributed by atoms with E-state index < -0.39 is 0 Å². The Morgan fingerprint density at radius 3 is 2.61 bits per heavy atom. The number of hydrogen-bond acceptors (Lipinski definition) is 4. The molecule has 2 aromatic carbocycles. The zero-order valence-electron chi connectivity index (χ0n) is 16.4. The summed E-state index contributed by atoms with van der Waals surface area (Å²) in [5, 5.41) is 5.00. The lowest BCUT2D eigenvalue weighted by molar-refractivity contribution is -0.118. The summed E-state index contributed by atoms with van der Waals surface area (Å²) in [6.07, 6.45) is 0. The zero-order valence-corrected chi connectivity index (χ0v) is 17.3.